The van der Waals surface area contributed by atoms with Crippen LogP contribution in [-0.2, 0) is 6.42 Å². The van der Waals surface area contributed by atoms with Crippen LogP contribution in [0.25, 0.3) is 5.57 Å². The van der Waals surface area contributed by atoms with E-state index in [4.69, 9.17) is 4.74 Å². The first-order chi connectivity index (χ1) is 8.79. The quantitative estimate of drug-likeness (QED) is 0.775. The highest BCUT2D eigenvalue weighted by molar-refractivity contribution is 5.85. The molecule has 0 aromatic heterocycles. The van der Waals surface area contributed by atoms with E-state index in [9.17, 15) is 4.39 Å². The molecule has 0 amide bonds. The Kier molecular flexibility index (Phi) is 2.63. The third-order valence-corrected chi connectivity index (χ3v) is 3.28. The smallest absolute Gasteiger partial charge is 0.165 e. The van der Waals surface area contributed by atoms with Crippen molar-refractivity contribution in [3.8, 4) is 5.75 Å². The molecule has 18 heavy (non-hydrogen) atoms. The summed E-state index contributed by atoms with van der Waals surface area (Å²) in [6, 6.07) is 13.4. The van der Waals surface area contributed by atoms with Crippen LogP contribution in [0.5, 0.6) is 5.75 Å². The minimum absolute atomic E-state index is 0.306. The third kappa shape index (κ3) is 1.70. The Balaban J connectivity index is 2.09. The van der Waals surface area contributed by atoms with Gasteiger partial charge in [-0.2, -0.15) is 0 Å². The second-order valence-corrected chi connectivity index (χ2v) is 4.33. The second-order valence-electron chi connectivity index (χ2n) is 4.33. The molecule has 3 rings (SSSR count). The molecule has 0 spiro atoms. The van der Waals surface area contributed by atoms with Crippen LogP contribution in [-0.4, -0.2) is 7.11 Å². The van der Waals surface area contributed by atoms with E-state index in [0.717, 1.165) is 28.7 Å². The Hall–Kier alpha value is -2.09. The fourth-order valence-electron chi connectivity index (χ4n) is 2.38. The maximum absolute atomic E-state index is 13.8. The lowest BCUT2D eigenvalue weighted by atomic mass is 9.99. The van der Waals surface area contributed by atoms with Crippen molar-refractivity contribution in [1.82, 2.24) is 0 Å². The highest BCUT2D eigenvalue weighted by Gasteiger charge is 2.18. The lowest BCUT2D eigenvalue weighted by Gasteiger charge is -2.09. The molecule has 2 aromatic rings. The molecule has 2 heteroatoms. The predicted octanol–water partition coefficient (Wildman–Crippen LogP) is 3.82. The second kappa shape index (κ2) is 4.30. The topological polar surface area (TPSA) is 9.23 Å². The van der Waals surface area contributed by atoms with Crippen molar-refractivity contribution in [1.29, 1.82) is 0 Å². The number of allylic oxidation sites excluding steroid dienone is 1. The minimum atomic E-state index is -0.306. The van der Waals surface area contributed by atoms with E-state index in [-0.39, 0.29) is 5.82 Å². The third-order valence-electron chi connectivity index (χ3n) is 3.28. The number of halogens is 1. The van der Waals surface area contributed by atoms with E-state index < -0.39 is 0 Å². The molecule has 1 aliphatic carbocycles. The molecule has 0 bridgehead atoms. The van der Waals surface area contributed by atoms with Crippen LogP contribution in [0, 0.1) is 5.82 Å². The van der Waals surface area contributed by atoms with Crippen molar-refractivity contribution in [2.24, 2.45) is 0 Å². The van der Waals surface area contributed by atoms with Gasteiger partial charge in [0.1, 0.15) is 0 Å². The fourth-order valence-corrected chi connectivity index (χ4v) is 2.38. The molecule has 0 N–H and O–H groups in total. The van der Waals surface area contributed by atoms with Gasteiger partial charge in [-0.25, -0.2) is 4.39 Å². The molecule has 0 saturated carbocycles. The van der Waals surface area contributed by atoms with Crippen LogP contribution < -0.4 is 4.74 Å². The summed E-state index contributed by atoms with van der Waals surface area (Å²) in [5, 5.41) is 0. The summed E-state index contributed by atoms with van der Waals surface area (Å²) in [6.07, 6.45) is 2.97. The molecule has 0 saturated heterocycles. The van der Waals surface area contributed by atoms with E-state index in [1.165, 1.54) is 7.11 Å². The zero-order valence-corrected chi connectivity index (χ0v) is 10.1. The molecule has 0 heterocycles. The monoisotopic (exact) mass is 240 g/mol. The molecule has 1 nitrogen and oxygen atoms in total. The SMILES string of the molecule is COc1cc2c(cc1F)C(c1ccccc1)=CC2. The lowest BCUT2D eigenvalue weighted by Crippen LogP contribution is -1.93. The standard InChI is InChI=1S/C16H13FO/c1-18-16-9-12-7-8-13(14(12)10-15(16)17)11-5-3-2-4-6-11/h2-6,8-10H,7H2,1H3. The van der Waals surface area contributed by atoms with Gasteiger partial charge in [-0.05, 0) is 40.8 Å². The summed E-state index contributed by atoms with van der Waals surface area (Å²) in [6.45, 7) is 0. The first kappa shape index (κ1) is 11.0. The maximum atomic E-state index is 13.8. The molecule has 1 aliphatic rings. The first-order valence-electron chi connectivity index (χ1n) is 5.92. The van der Waals surface area contributed by atoms with Gasteiger partial charge in [-0.3, -0.25) is 0 Å². The Morgan fingerprint density at radius 1 is 1.11 bits per heavy atom. The van der Waals surface area contributed by atoms with Crippen LogP contribution >= 0.6 is 0 Å². The maximum Gasteiger partial charge on any atom is 0.165 e. The van der Waals surface area contributed by atoms with Crippen molar-refractivity contribution in [3.05, 3.63) is 71.0 Å². The van der Waals surface area contributed by atoms with Crippen LogP contribution in [0.15, 0.2) is 48.5 Å². The molecule has 0 atom stereocenters. The molecular formula is C16H13FO. The molecule has 0 aliphatic heterocycles. The number of rotatable bonds is 2. The first-order valence-corrected chi connectivity index (χ1v) is 5.92. The molecule has 2 aromatic carbocycles. The Morgan fingerprint density at radius 3 is 2.61 bits per heavy atom. The number of ether oxygens (including phenoxy) is 1. The molecule has 90 valence electrons. The predicted molar refractivity (Wildman–Crippen MR) is 70.2 cm³/mol. The summed E-state index contributed by atoms with van der Waals surface area (Å²) in [5.74, 6) is 0.0106. The summed E-state index contributed by atoms with van der Waals surface area (Å²) < 4.78 is 18.8. The van der Waals surface area contributed by atoms with Gasteiger partial charge < -0.3 is 4.74 Å². The Morgan fingerprint density at radius 2 is 1.89 bits per heavy atom. The summed E-state index contributed by atoms with van der Waals surface area (Å²) >= 11 is 0. The van der Waals surface area contributed by atoms with Crippen molar-refractivity contribution in [3.63, 3.8) is 0 Å². The summed E-state index contributed by atoms with van der Waals surface area (Å²) in [4.78, 5) is 0. The largest absolute Gasteiger partial charge is 0.494 e. The number of fused-ring (bicyclic) bond motifs is 1. The van der Waals surface area contributed by atoms with Crippen LogP contribution in [0.2, 0.25) is 0 Å². The van der Waals surface area contributed by atoms with E-state index in [1.807, 2.05) is 30.3 Å². The number of hydrogen-bond acceptors (Lipinski definition) is 1. The summed E-state index contributed by atoms with van der Waals surface area (Å²) in [7, 11) is 1.49. The molecule has 0 radical (unpaired) electrons. The number of hydrogen-bond donors (Lipinski definition) is 0. The highest BCUT2D eigenvalue weighted by atomic mass is 19.1. The highest BCUT2D eigenvalue weighted by Crippen LogP contribution is 2.35. The van der Waals surface area contributed by atoms with Gasteiger partial charge in [0.2, 0.25) is 0 Å². The Bertz CT molecular complexity index is 614. The van der Waals surface area contributed by atoms with Gasteiger partial charge in [-0.15, -0.1) is 0 Å². The zero-order chi connectivity index (χ0) is 12.5. The van der Waals surface area contributed by atoms with E-state index in [0.29, 0.717) is 5.75 Å². The van der Waals surface area contributed by atoms with Gasteiger partial charge in [0.05, 0.1) is 7.11 Å². The van der Waals surface area contributed by atoms with Gasteiger partial charge >= 0.3 is 0 Å². The van der Waals surface area contributed by atoms with E-state index >= 15 is 0 Å². The van der Waals surface area contributed by atoms with Crippen molar-refractivity contribution < 1.29 is 9.13 Å². The lowest BCUT2D eigenvalue weighted by molar-refractivity contribution is 0.386. The van der Waals surface area contributed by atoms with E-state index in [1.54, 1.807) is 12.1 Å². The average Bonchev–Trinajstić information content (AvgIpc) is 2.81. The zero-order valence-electron chi connectivity index (χ0n) is 10.1. The van der Waals surface area contributed by atoms with E-state index in [2.05, 4.69) is 6.08 Å². The van der Waals surface area contributed by atoms with Gasteiger partial charge in [0.15, 0.2) is 11.6 Å². The number of methoxy groups -OCH3 is 1. The normalized spacial score (nSPS) is 13.1. The van der Waals surface area contributed by atoms with Gasteiger partial charge in [-0.1, -0.05) is 36.4 Å². The van der Waals surface area contributed by atoms with Gasteiger partial charge in [0, 0.05) is 0 Å². The van der Waals surface area contributed by atoms with Crippen LogP contribution in [0.3, 0.4) is 0 Å². The Labute approximate surface area is 106 Å². The average molecular weight is 240 g/mol. The van der Waals surface area contributed by atoms with Crippen molar-refractivity contribution in [2.45, 2.75) is 6.42 Å². The molecule has 0 unspecified atom stereocenters. The number of benzene rings is 2. The van der Waals surface area contributed by atoms with Crippen LogP contribution in [0.1, 0.15) is 16.7 Å². The van der Waals surface area contributed by atoms with Crippen LogP contribution in [0.4, 0.5) is 4.39 Å². The van der Waals surface area contributed by atoms with Gasteiger partial charge in [0.25, 0.3) is 0 Å². The molecular weight excluding hydrogens is 227 g/mol. The molecule has 0 fully saturated rings. The summed E-state index contributed by atoms with van der Waals surface area (Å²) in [5.41, 5.74) is 4.32. The fraction of sp³-hybridized carbons (Fsp3) is 0.125. The van der Waals surface area contributed by atoms with Crippen molar-refractivity contribution >= 4 is 5.57 Å². The van der Waals surface area contributed by atoms with Crippen molar-refractivity contribution in [2.75, 3.05) is 7.11 Å². The minimum Gasteiger partial charge on any atom is -0.494 e.